The van der Waals surface area contributed by atoms with Crippen LogP contribution in [0.3, 0.4) is 0 Å². The lowest BCUT2D eigenvalue weighted by Gasteiger charge is -2.21. The van der Waals surface area contributed by atoms with Crippen LogP contribution in [0.15, 0.2) is 35.4 Å². The average molecular weight is 246 g/mol. The van der Waals surface area contributed by atoms with Crippen LogP contribution in [0.1, 0.15) is 31.2 Å². The molecule has 1 aliphatic heterocycles. The number of methoxy groups -OCH3 is 1. The van der Waals surface area contributed by atoms with Crippen LogP contribution < -0.4 is 0 Å². The first-order valence-corrected chi connectivity index (χ1v) is 6.66. The van der Waals surface area contributed by atoms with E-state index in [-0.39, 0.29) is 0 Å². The number of nitrogens with zero attached hydrogens (tertiary/aromatic N) is 2. The Hall–Kier alpha value is -1.35. The molecule has 0 aromatic heterocycles. The van der Waals surface area contributed by atoms with E-state index in [4.69, 9.17) is 4.74 Å². The lowest BCUT2D eigenvalue weighted by Crippen LogP contribution is -2.28. The van der Waals surface area contributed by atoms with Crippen molar-refractivity contribution in [3.8, 4) is 0 Å². The van der Waals surface area contributed by atoms with E-state index in [2.05, 4.69) is 41.3 Å². The average Bonchev–Trinajstić information content (AvgIpc) is 2.85. The quantitative estimate of drug-likeness (QED) is 0.746. The van der Waals surface area contributed by atoms with Crippen molar-refractivity contribution in [1.82, 2.24) is 5.01 Å². The molecule has 3 nitrogen and oxygen atoms in total. The van der Waals surface area contributed by atoms with Crippen LogP contribution in [0.4, 0.5) is 0 Å². The third kappa shape index (κ3) is 3.33. The van der Waals surface area contributed by atoms with Gasteiger partial charge in [0.1, 0.15) is 0 Å². The Morgan fingerprint density at radius 1 is 1.44 bits per heavy atom. The zero-order valence-corrected chi connectivity index (χ0v) is 11.2. The van der Waals surface area contributed by atoms with E-state index in [0.29, 0.717) is 12.0 Å². The molecule has 0 saturated carbocycles. The third-order valence-corrected chi connectivity index (χ3v) is 3.47. The standard InChI is InChI=1S/C15H22N2O/c1-13(14-7-4-3-5-8-14)11-16-17-10-6-9-15(17)12-18-2/h3-5,7-8,11,13,15H,6,9-10,12H2,1-2H3/b16-11+/t13-,15-/m0/s1. The maximum absolute atomic E-state index is 5.23. The summed E-state index contributed by atoms with van der Waals surface area (Å²) in [7, 11) is 1.76. The Kier molecular flexibility index (Phi) is 4.76. The van der Waals surface area contributed by atoms with Crippen molar-refractivity contribution in [2.24, 2.45) is 5.10 Å². The van der Waals surface area contributed by atoms with E-state index >= 15 is 0 Å². The first-order chi connectivity index (χ1) is 8.81. The van der Waals surface area contributed by atoms with E-state index in [1.54, 1.807) is 7.11 Å². The van der Waals surface area contributed by atoms with Gasteiger partial charge >= 0.3 is 0 Å². The summed E-state index contributed by atoms with van der Waals surface area (Å²) in [6, 6.07) is 10.9. The minimum absolute atomic E-state index is 0.356. The van der Waals surface area contributed by atoms with Gasteiger partial charge in [0, 0.05) is 25.8 Å². The minimum Gasteiger partial charge on any atom is -0.382 e. The van der Waals surface area contributed by atoms with Gasteiger partial charge in [-0.25, -0.2) is 0 Å². The monoisotopic (exact) mass is 246 g/mol. The highest BCUT2D eigenvalue weighted by atomic mass is 16.5. The molecular weight excluding hydrogens is 224 g/mol. The van der Waals surface area contributed by atoms with Crippen molar-refractivity contribution in [2.45, 2.75) is 31.7 Å². The second kappa shape index (κ2) is 6.55. The second-order valence-electron chi connectivity index (χ2n) is 4.88. The van der Waals surface area contributed by atoms with Gasteiger partial charge in [-0.1, -0.05) is 37.3 Å². The van der Waals surface area contributed by atoms with Gasteiger partial charge in [-0.2, -0.15) is 5.10 Å². The number of ether oxygens (including phenoxy) is 1. The van der Waals surface area contributed by atoms with Crippen molar-refractivity contribution < 1.29 is 4.74 Å². The summed E-state index contributed by atoms with van der Waals surface area (Å²) in [6.07, 6.45) is 4.44. The van der Waals surface area contributed by atoms with Crippen molar-refractivity contribution in [3.63, 3.8) is 0 Å². The molecule has 98 valence electrons. The molecular formula is C15H22N2O. The lowest BCUT2D eigenvalue weighted by atomic mass is 10.0. The second-order valence-corrected chi connectivity index (χ2v) is 4.88. The molecule has 1 heterocycles. The van der Waals surface area contributed by atoms with Gasteiger partial charge in [0.05, 0.1) is 12.6 Å². The molecule has 2 rings (SSSR count). The fourth-order valence-electron chi connectivity index (χ4n) is 2.36. The van der Waals surface area contributed by atoms with E-state index in [1.165, 1.54) is 18.4 Å². The molecule has 0 aliphatic carbocycles. The summed E-state index contributed by atoms with van der Waals surface area (Å²) < 4.78 is 5.23. The number of hydrogen-bond acceptors (Lipinski definition) is 3. The molecule has 0 unspecified atom stereocenters. The summed E-state index contributed by atoms with van der Waals surface area (Å²) in [5.74, 6) is 0.356. The molecule has 3 heteroatoms. The topological polar surface area (TPSA) is 24.8 Å². The van der Waals surface area contributed by atoms with Gasteiger partial charge in [-0.3, -0.25) is 5.01 Å². The summed E-state index contributed by atoms with van der Waals surface area (Å²) in [4.78, 5) is 0. The van der Waals surface area contributed by atoms with Crippen molar-refractivity contribution in [2.75, 3.05) is 20.3 Å². The van der Waals surface area contributed by atoms with Crippen LogP contribution in [0.5, 0.6) is 0 Å². The van der Waals surface area contributed by atoms with E-state index in [9.17, 15) is 0 Å². The molecule has 1 aromatic rings. The molecule has 0 spiro atoms. The van der Waals surface area contributed by atoms with Crippen LogP contribution in [-0.4, -0.2) is 37.5 Å². The predicted molar refractivity (Wildman–Crippen MR) is 75.0 cm³/mol. The third-order valence-electron chi connectivity index (χ3n) is 3.47. The smallest absolute Gasteiger partial charge is 0.0704 e. The minimum atomic E-state index is 0.356. The number of hydrogen-bond donors (Lipinski definition) is 0. The van der Waals surface area contributed by atoms with E-state index < -0.39 is 0 Å². The van der Waals surface area contributed by atoms with E-state index in [1.807, 2.05) is 12.3 Å². The number of benzene rings is 1. The zero-order valence-electron chi connectivity index (χ0n) is 11.2. The molecule has 0 radical (unpaired) electrons. The molecule has 2 atom stereocenters. The maximum atomic E-state index is 5.23. The molecule has 18 heavy (non-hydrogen) atoms. The highest BCUT2D eigenvalue weighted by Crippen LogP contribution is 2.19. The zero-order chi connectivity index (χ0) is 12.8. The van der Waals surface area contributed by atoms with Crippen LogP contribution in [0.2, 0.25) is 0 Å². The first kappa shape index (κ1) is 13.1. The van der Waals surface area contributed by atoms with Gasteiger partial charge < -0.3 is 4.74 Å². The molecule has 1 aromatic carbocycles. The Balaban J connectivity index is 1.94. The number of hydrazone groups is 1. The molecule has 1 aliphatic rings. The van der Waals surface area contributed by atoms with Crippen LogP contribution in [-0.2, 0) is 4.74 Å². The molecule has 1 saturated heterocycles. The highest BCUT2D eigenvalue weighted by molar-refractivity contribution is 5.66. The Morgan fingerprint density at radius 3 is 2.94 bits per heavy atom. The van der Waals surface area contributed by atoms with Crippen molar-refractivity contribution in [3.05, 3.63) is 35.9 Å². The van der Waals surface area contributed by atoms with Crippen molar-refractivity contribution >= 4 is 6.21 Å². The number of rotatable bonds is 5. The summed E-state index contributed by atoms with van der Waals surface area (Å²) in [5, 5.41) is 6.80. The molecule has 0 amide bonds. The van der Waals surface area contributed by atoms with E-state index in [0.717, 1.165) is 13.2 Å². The molecule has 0 N–H and O–H groups in total. The van der Waals surface area contributed by atoms with Crippen LogP contribution in [0, 0.1) is 0 Å². The van der Waals surface area contributed by atoms with Gasteiger partial charge in [0.2, 0.25) is 0 Å². The van der Waals surface area contributed by atoms with Gasteiger partial charge in [0.25, 0.3) is 0 Å². The largest absolute Gasteiger partial charge is 0.382 e. The van der Waals surface area contributed by atoms with Crippen LogP contribution in [0.25, 0.3) is 0 Å². The van der Waals surface area contributed by atoms with Crippen molar-refractivity contribution in [1.29, 1.82) is 0 Å². The van der Waals surface area contributed by atoms with Gasteiger partial charge in [-0.15, -0.1) is 0 Å². The molecule has 0 bridgehead atoms. The predicted octanol–water partition coefficient (Wildman–Crippen LogP) is 2.89. The van der Waals surface area contributed by atoms with Crippen LogP contribution >= 0.6 is 0 Å². The fourth-order valence-corrected chi connectivity index (χ4v) is 2.36. The van der Waals surface area contributed by atoms with Gasteiger partial charge in [-0.05, 0) is 18.4 Å². The normalized spacial score (nSPS) is 21.7. The lowest BCUT2D eigenvalue weighted by molar-refractivity contribution is 0.118. The Labute approximate surface area is 109 Å². The molecule has 1 fully saturated rings. The maximum Gasteiger partial charge on any atom is 0.0704 e. The highest BCUT2D eigenvalue weighted by Gasteiger charge is 2.22. The fraction of sp³-hybridized carbons (Fsp3) is 0.533. The summed E-state index contributed by atoms with van der Waals surface area (Å²) in [5.41, 5.74) is 1.31. The summed E-state index contributed by atoms with van der Waals surface area (Å²) >= 11 is 0. The Morgan fingerprint density at radius 2 is 2.22 bits per heavy atom. The Bertz CT molecular complexity index is 377. The first-order valence-electron chi connectivity index (χ1n) is 6.66. The SMILES string of the molecule is COC[C@@H]1CCCN1/N=C/[C@H](C)c1ccccc1. The summed E-state index contributed by atoms with van der Waals surface area (Å²) in [6.45, 7) is 4.00. The van der Waals surface area contributed by atoms with Gasteiger partial charge in [0.15, 0.2) is 0 Å².